The van der Waals surface area contributed by atoms with Crippen molar-refractivity contribution in [3.63, 3.8) is 0 Å². The molecular formula is C32H39F4N5O4. The molecule has 2 aliphatic rings. The standard InChI is InChI=1S/C32H39F4N5O4/c1-44-23-2-3-27-24(18-23)29(21(19-38-27)20-41-12-14-45-15-13-41)25(34)4-5-32(31(42)39-43)6-9-40(10-7-32)11-8-37-28-17-22(33)16-26(35)30(28)36/h2-3,16-19,25,37,43H,4-15,20H2,1H3,(H,39,42). The number of methoxy groups -OCH3 is 1. The summed E-state index contributed by atoms with van der Waals surface area (Å²) in [6.07, 6.45) is 1.28. The summed E-state index contributed by atoms with van der Waals surface area (Å²) in [6.45, 7) is 4.75. The van der Waals surface area contributed by atoms with E-state index in [9.17, 15) is 23.2 Å². The zero-order valence-electron chi connectivity index (χ0n) is 25.3. The molecule has 9 nitrogen and oxygen atoms in total. The van der Waals surface area contributed by atoms with Gasteiger partial charge in [-0.15, -0.1) is 0 Å². The lowest BCUT2D eigenvalue weighted by atomic mass is 9.73. The third-order valence-electron chi connectivity index (χ3n) is 9.02. The maximum Gasteiger partial charge on any atom is 0.249 e. The number of halogens is 4. The second-order valence-corrected chi connectivity index (χ2v) is 11.7. The van der Waals surface area contributed by atoms with E-state index < -0.39 is 34.9 Å². The second-order valence-electron chi connectivity index (χ2n) is 11.7. The van der Waals surface area contributed by atoms with Crippen LogP contribution in [0.15, 0.2) is 36.5 Å². The van der Waals surface area contributed by atoms with Crippen LogP contribution in [0.5, 0.6) is 5.75 Å². The molecule has 45 heavy (non-hydrogen) atoms. The molecule has 3 N–H and O–H groups in total. The Hall–Kier alpha value is -3.52. The summed E-state index contributed by atoms with van der Waals surface area (Å²) in [5.41, 5.74) is 2.47. The van der Waals surface area contributed by atoms with Crippen molar-refractivity contribution in [1.29, 1.82) is 0 Å². The third-order valence-corrected chi connectivity index (χ3v) is 9.02. The van der Waals surface area contributed by atoms with Crippen molar-refractivity contribution >= 4 is 22.5 Å². The van der Waals surface area contributed by atoms with Crippen LogP contribution in [0.3, 0.4) is 0 Å². The minimum absolute atomic E-state index is 0.0474. The minimum atomic E-state index is -1.41. The molecule has 2 fully saturated rings. The van der Waals surface area contributed by atoms with Crippen LogP contribution in [0.25, 0.3) is 10.9 Å². The first-order valence-corrected chi connectivity index (χ1v) is 15.2. The fraction of sp³-hybridized carbons (Fsp3) is 0.500. The molecule has 0 spiro atoms. The number of rotatable bonds is 12. The average molecular weight is 634 g/mol. The lowest BCUT2D eigenvalue weighted by molar-refractivity contribution is -0.143. The van der Waals surface area contributed by atoms with Crippen LogP contribution in [0.2, 0.25) is 0 Å². The van der Waals surface area contributed by atoms with Crippen molar-refractivity contribution in [2.24, 2.45) is 5.41 Å². The van der Waals surface area contributed by atoms with E-state index in [2.05, 4.69) is 15.2 Å². The SMILES string of the molecule is COc1ccc2ncc(CN3CCOCC3)c(C(F)CCC3(C(=O)NO)CCN(CCNc4cc(F)cc(F)c4F)CC3)c2c1. The van der Waals surface area contributed by atoms with E-state index in [1.54, 1.807) is 37.0 Å². The molecule has 0 radical (unpaired) electrons. The Balaban J connectivity index is 1.27. The Labute approximate surface area is 259 Å². The van der Waals surface area contributed by atoms with Gasteiger partial charge in [-0.3, -0.25) is 19.9 Å². The van der Waals surface area contributed by atoms with Gasteiger partial charge >= 0.3 is 0 Å². The number of pyridine rings is 1. The highest BCUT2D eigenvalue weighted by Crippen LogP contribution is 2.42. The van der Waals surface area contributed by atoms with E-state index in [0.717, 1.165) is 24.7 Å². The number of nitrogens with zero attached hydrogens (tertiary/aromatic N) is 3. The van der Waals surface area contributed by atoms with Gasteiger partial charge in [-0.05, 0) is 62.5 Å². The van der Waals surface area contributed by atoms with E-state index in [4.69, 9.17) is 9.47 Å². The summed E-state index contributed by atoms with van der Waals surface area (Å²) in [5.74, 6) is -3.27. The Kier molecular flexibility index (Phi) is 10.7. The van der Waals surface area contributed by atoms with Crippen LogP contribution in [0.4, 0.5) is 23.2 Å². The van der Waals surface area contributed by atoms with Gasteiger partial charge in [0.05, 0.1) is 36.9 Å². The molecule has 1 amide bonds. The second kappa shape index (κ2) is 14.7. The molecular weight excluding hydrogens is 594 g/mol. The van der Waals surface area contributed by atoms with Gasteiger partial charge in [0, 0.05) is 62.0 Å². The van der Waals surface area contributed by atoms with E-state index in [1.165, 1.54) is 0 Å². The summed E-state index contributed by atoms with van der Waals surface area (Å²) < 4.78 is 68.4. The van der Waals surface area contributed by atoms with Crippen molar-refractivity contribution < 1.29 is 37.0 Å². The topological polar surface area (TPSA) is 99.2 Å². The van der Waals surface area contributed by atoms with Crippen molar-refractivity contribution in [3.8, 4) is 5.75 Å². The molecule has 2 aliphatic heterocycles. The van der Waals surface area contributed by atoms with E-state index in [1.807, 2.05) is 4.90 Å². The number of fused-ring (bicyclic) bond motifs is 1. The first kappa shape index (κ1) is 32.9. The molecule has 2 saturated heterocycles. The summed E-state index contributed by atoms with van der Waals surface area (Å²) >= 11 is 0. The van der Waals surface area contributed by atoms with Crippen LogP contribution in [-0.4, -0.2) is 85.5 Å². The number of alkyl halides is 1. The number of likely N-dealkylation sites (tertiary alicyclic amines) is 1. The Morgan fingerprint density at radius 1 is 1.11 bits per heavy atom. The Morgan fingerprint density at radius 3 is 2.58 bits per heavy atom. The largest absolute Gasteiger partial charge is 0.497 e. The lowest BCUT2D eigenvalue weighted by Crippen LogP contribution is -2.49. The molecule has 3 aromatic rings. The van der Waals surface area contributed by atoms with E-state index in [0.29, 0.717) is 80.5 Å². The molecule has 1 aromatic heterocycles. The fourth-order valence-electron chi connectivity index (χ4n) is 6.35. The van der Waals surface area contributed by atoms with Gasteiger partial charge in [-0.1, -0.05) is 0 Å². The van der Waals surface area contributed by atoms with Crippen LogP contribution in [0, 0.1) is 22.9 Å². The molecule has 13 heteroatoms. The van der Waals surface area contributed by atoms with Crippen LogP contribution < -0.4 is 15.5 Å². The molecule has 1 atom stereocenters. The number of hydroxylamine groups is 1. The van der Waals surface area contributed by atoms with Crippen molar-refractivity contribution in [1.82, 2.24) is 20.3 Å². The van der Waals surface area contributed by atoms with E-state index in [-0.39, 0.29) is 25.1 Å². The smallest absolute Gasteiger partial charge is 0.249 e. The van der Waals surface area contributed by atoms with Gasteiger partial charge in [0.2, 0.25) is 5.91 Å². The number of nitrogens with one attached hydrogen (secondary N) is 2. The van der Waals surface area contributed by atoms with Gasteiger partial charge in [0.15, 0.2) is 11.6 Å². The van der Waals surface area contributed by atoms with Crippen LogP contribution in [-0.2, 0) is 16.1 Å². The first-order chi connectivity index (χ1) is 21.7. The molecule has 0 bridgehead atoms. The number of hydrogen-bond donors (Lipinski definition) is 3. The van der Waals surface area contributed by atoms with E-state index >= 15 is 4.39 Å². The molecule has 5 rings (SSSR count). The van der Waals surface area contributed by atoms with Gasteiger partial charge in [-0.25, -0.2) is 23.0 Å². The first-order valence-electron chi connectivity index (χ1n) is 15.2. The molecule has 1 unspecified atom stereocenters. The summed E-state index contributed by atoms with van der Waals surface area (Å²) in [7, 11) is 1.55. The number of carbonyl (C=O) groups excluding carboxylic acids is 1. The number of piperidine rings is 1. The maximum absolute atomic E-state index is 16.5. The number of anilines is 1. The van der Waals surface area contributed by atoms with Crippen molar-refractivity contribution in [3.05, 3.63) is 65.1 Å². The number of aromatic nitrogens is 1. The predicted octanol–water partition coefficient (Wildman–Crippen LogP) is 4.98. The predicted molar refractivity (Wildman–Crippen MR) is 160 cm³/mol. The van der Waals surface area contributed by atoms with Gasteiger partial charge in [-0.2, -0.15) is 0 Å². The van der Waals surface area contributed by atoms with Crippen LogP contribution >= 0.6 is 0 Å². The fourth-order valence-corrected chi connectivity index (χ4v) is 6.35. The summed E-state index contributed by atoms with van der Waals surface area (Å²) in [4.78, 5) is 21.8. The average Bonchev–Trinajstić information content (AvgIpc) is 3.06. The quantitative estimate of drug-likeness (QED) is 0.111. The summed E-state index contributed by atoms with van der Waals surface area (Å²) in [5, 5.41) is 13.0. The van der Waals surface area contributed by atoms with Gasteiger partial charge in [0.25, 0.3) is 0 Å². The highest BCUT2D eigenvalue weighted by Gasteiger charge is 2.41. The van der Waals surface area contributed by atoms with Crippen molar-refractivity contribution in [2.75, 3.05) is 64.9 Å². The molecule has 3 heterocycles. The Bertz CT molecular complexity index is 1480. The number of morpholine rings is 1. The Morgan fingerprint density at radius 2 is 1.87 bits per heavy atom. The number of amides is 1. The third kappa shape index (κ3) is 7.66. The molecule has 0 aliphatic carbocycles. The monoisotopic (exact) mass is 633 g/mol. The highest BCUT2D eigenvalue weighted by atomic mass is 19.2. The van der Waals surface area contributed by atoms with Gasteiger partial charge < -0.3 is 19.7 Å². The number of hydrogen-bond acceptors (Lipinski definition) is 8. The zero-order chi connectivity index (χ0) is 32.0. The van der Waals surface area contributed by atoms with Crippen molar-refractivity contribution in [2.45, 2.75) is 38.4 Å². The number of benzene rings is 2. The number of carbonyl (C=O) groups is 1. The minimum Gasteiger partial charge on any atom is -0.497 e. The van der Waals surface area contributed by atoms with Crippen LogP contribution in [0.1, 0.15) is 43.0 Å². The lowest BCUT2D eigenvalue weighted by Gasteiger charge is -2.40. The highest BCUT2D eigenvalue weighted by molar-refractivity contribution is 5.85. The molecule has 0 saturated carbocycles. The number of ether oxygens (including phenoxy) is 2. The maximum atomic E-state index is 16.5. The van der Waals surface area contributed by atoms with Gasteiger partial charge in [0.1, 0.15) is 17.7 Å². The normalized spacial score (nSPS) is 18.1. The summed E-state index contributed by atoms with van der Waals surface area (Å²) in [6, 6.07) is 6.75. The molecule has 2 aromatic carbocycles. The molecule has 244 valence electrons. The zero-order valence-corrected chi connectivity index (χ0v) is 25.3.